The lowest BCUT2D eigenvalue weighted by molar-refractivity contribution is -0.384. The highest BCUT2D eigenvalue weighted by Crippen LogP contribution is 2.41. The minimum Gasteiger partial charge on any atom is -0.484 e. The van der Waals surface area contributed by atoms with E-state index < -0.39 is 4.92 Å². The van der Waals surface area contributed by atoms with Gasteiger partial charge in [-0.3, -0.25) is 20.0 Å². The van der Waals surface area contributed by atoms with Crippen LogP contribution in [0, 0.1) is 17.0 Å². The maximum absolute atomic E-state index is 11.9. The Labute approximate surface area is 132 Å². The highest BCUT2D eigenvalue weighted by Gasteiger charge is 2.28. The number of H-pyrrole nitrogens is 1. The van der Waals surface area contributed by atoms with E-state index in [4.69, 9.17) is 4.74 Å². The largest absolute Gasteiger partial charge is 0.484 e. The molecule has 2 aromatic rings. The lowest BCUT2D eigenvalue weighted by Gasteiger charge is -2.06. The quantitative estimate of drug-likeness (QED) is 0.628. The summed E-state index contributed by atoms with van der Waals surface area (Å²) in [5.41, 5.74) is 2.01. The number of amides is 1. The monoisotopic (exact) mass is 316 g/mol. The van der Waals surface area contributed by atoms with E-state index in [1.165, 1.54) is 24.3 Å². The van der Waals surface area contributed by atoms with Crippen molar-refractivity contribution in [3.8, 4) is 5.75 Å². The van der Waals surface area contributed by atoms with Crippen LogP contribution in [0.4, 0.5) is 11.5 Å². The predicted molar refractivity (Wildman–Crippen MR) is 82.5 cm³/mol. The minimum absolute atomic E-state index is 0.0263. The zero-order valence-corrected chi connectivity index (χ0v) is 12.5. The Morgan fingerprint density at radius 2 is 2.13 bits per heavy atom. The number of aromatic nitrogens is 2. The van der Waals surface area contributed by atoms with Gasteiger partial charge in [0.15, 0.2) is 12.4 Å². The second kappa shape index (κ2) is 6.07. The van der Waals surface area contributed by atoms with Crippen molar-refractivity contribution in [1.29, 1.82) is 0 Å². The van der Waals surface area contributed by atoms with E-state index in [0.717, 1.165) is 24.1 Å². The molecule has 1 aromatic heterocycles. The van der Waals surface area contributed by atoms with Gasteiger partial charge in [-0.1, -0.05) is 0 Å². The highest BCUT2D eigenvalue weighted by molar-refractivity contribution is 5.91. The van der Waals surface area contributed by atoms with E-state index in [0.29, 0.717) is 17.5 Å². The molecule has 120 valence electrons. The lowest BCUT2D eigenvalue weighted by atomic mass is 10.2. The number of anilines is 1. The zero-order chi connectivity index (χ0) is 16.4. The smallest absolute Gasteiger partial charge is 0.269 e. The van der Waals surface area contributed by atoms with Gasteiger partial charge in [-0.15, -0.1) is 0 Å². The van der Waals surface area contributed by atoms with Gasteiger partial charge in [-0.25, -0.2) is 0 Å². The maximum Gasteiger partial charge on any atom is 0.269 e. The molecule has 1 aliphatic carbocycles. The molecule has 1 heterocycles. The number of non-ortho nitro benzene ring substituents is 1. The van der Waals surface area contributed by atoms with Crippen LogP contribution in [0.15, 0.2) is 24.3 Å². The third-order valence-corrected chi connectivity index (χ3v) is 3.71. The summed E-state index contributed by atoms with van der Waals surface area (Å²) in [6.45, 7) is 1.73. The Kier molecular flexibility index (Phi) is 3.96. The van der Waals surface area contributed by atoms with Crippen LogP contribution in [0.2, 0.25) is 0 Å². The van der Waals surface area contributed by atoms with Gasteiger partial charge >= 0.3 is 0 Å². The average molecular weight is 316 g/mol. The standard InChI is InChI=1S/C15H16N4O4/c1-9-14(10-2-3-10)17-18-15(9)16-13(20)8-23-12-6-4-11(5-7-12)19(21)22/h4-7,10H,2-3,8H2,1H3,(H2,16,17,18,20). The van der Waals surface area contributed by atoms with Crippen molar-refractivity contribution in [2.75, 3.05) is 11.9 Å². The van der Waals surface area contributed by atoms with Crippen molar-refractivity contribution in [2.24, 2.45) is 0 Å². The Morgan fingerprint density at radius 3 is 2.74 bits per heavy atom. The summed E-state index contributed by atoms with van der Waals surface area (Å²) >= 11 is 0. The van der Waals surface area contributed by atoms with E-state index in [1.807, 2.05) is 6.92 Å². The molecule has 0 saturated heterocycles. The molecule has 8 nitrogen and oxygen atoms in total. The van der Waals surface area contributed by atoms with E-state index in [2.05, 4.69) is 15.5 Å². The number of carbonyl (C=O) groups excluding carboxylic acids is 1. The maximum atomic E-state index is 11.9. The number of carbonyl (C=O) groups is 1. The van der Waals surface area contributed by atoms with Crippen LogP contribution in [0.5, 0.6) is 5.75 Å². The Balaban J connectivity index is 1.54. The van der Waals surface area contributed by atoms with Crippen molar-refractivity contribution >= 4 is 17.4 Å². The van der Waals surface area contributed by atoms with Crippen molar-refractivity contribution in [1.82, 2.24) is 10.2 Å². The molecule has 23 heavy (non-hydrogen) atoms. The van der Waals surface area contributed by atoms with E-state index in [1.54, 1.807) is 0 Å². The molecular weight excluding hydrogens is 300 g/mol. The van der Waals surface area contributed by atoms with Crippen molar-refractivity contribution < 1.29 is 14.5 Å². The second-order valence-corrected chi connectivity index (χ2v) is 5.47. The number of aromatic amines is 1. The highest BCUT2D eigenvalue weighted by atomic mass is 16.6. The van der Waals surface area contributed by atoms with Crippen molar-refractivity contribution in [3.05, 3.63) is 45.6 Å². The topological polar surface area (TPSA) is 110 Å². The Hall–Kier alpha value is -2.90. The second-order valence-electron chi connectivity index (χ2n) is 5.47. The number of nitro benzene ring substituents is 1. The fourth-order valence-corrected chi connectivity index (χ4v) is 2.28. The summed E-state index contributed by atoms with van der Waals surface area (Å²) in [4.78, 5) is 22.0. The number of ether oxygens (including phenoxy) is 1. The van der Waals surface area contributed by atoms with Gasteiger partial charge in [0.2, 0.25) is 0 Å². The lowest BCUT2D eigenvalue weighted by Crippen LogP contribution is -2.20. The van der Waals surface area contributed by atoms with Gasteiger partial charge in [0.05, 0.1) is 4.92 Å². The van der Waals surface area contributed by atoms with Crippen LogP contribution in [-0.4, -0.2) is 27.6 Å². The molecule has 0 unspecified atom stereocenters. The Bertz CT molecular complexity index is 734. The first-order chi connectivity index (χ1) is 11.0. The number of rotatable bonds is 6. The summed E-state index contributed by atoms with van der Waals surface area (Å²) in [6.07, 6.45) is 2.30. The van der Waals surface area contributed by atoms with Crippen LogP contribution in [0.1, 0.15) is 30.0 Å². The first-order valence-corrected chi connectivity index (χ1v) is 7.26. The fraction of sp³-hybridized carbons (Fsp3) is 0.333. The summed E-state index contributed by atoms with van der Waals surface area (Å²) in [6, 6.07) is 5.56. The fourth-order valence-electron chi connectivity index (χ4n) is 2.28. The van der Waals surface area contributed by atoms with Crippen LogP contribution in [0.25, 0.3) is 0 Å². The van der Waals surface area contributed by atoms with Crippen molar-refractivity contribution in [3.63, 3.8) is 0 Å². The number of nitrogens with one attached hydrogen (secondary N) is 2. The zero-order valence-electron chi connectivity index (χ0n) is 12.5. The van der Waals surface area contributed by atoms with Crippen LogP contribution in [0.3, 0.4) is 0 Å². The number of benzene rings is 1. The third kappa shape index (κ3) is 3.47. The summed E-state index contributed by atoms with van der Waals surface area (Å²) < 4.78 is 5.31. The molecule has 2 N–H and O–H groups in total. The first kappa shape index (κ1) is 15.0. The molecule has 1 aliphatic rings. The molecular formula is C15H16N4O4. The molecule has 0 spiro atoms. The van der Waals surface area contributed by atoms with Gasteiger partial charge in [0.1, 0.15) is 5.75 Å². The molecule has 1 saturated carbocycles. The molecule has 3 rings (SSSR count). The number of nitro groups is 1. The van der Waals surface area contributed by atoms with Gasteiger partial charge < -0.3 is 10.1 Å². The predicted octanol–water partition coefficient (Wildman–Crippen LogP) is 2.52. The van der Waals surface area contributed by atoms with E-state index >= 15 is 0 Å². The van der Waals surface area contributed by atoms with Crippen LogP contribution in [-0.2, 0) is 4.79 Å². The van der Waals surface area contributed by atoms with Crippen molar-refractivity contribution in [2.45, 2.75) is 25.7 Å². The molecule has 0 bridgehead atoms. The molecule has 1 fully saturated rings. The third-order valence-electron chi connectivity index (χ3n) is 3.71. The first-order valence-electron chi connectivity index (χ1n) is 7.26. The van der Waals surface area contributed by atoms with Crippen LogP contribution < -0.4 is 10.1 Å². The SMILES string of the molecule is Cc1c(NC(=O)COc2ccc([N+](=O)[O-])cc2)n[nH]c1C1CC1. The number of hydrogen-bond acceptors (Lipinski definition) is 5. The number of nitrogens with zero attached hydrogens (tertiary/aromatic N) is 2. The van der Waals surface area contributed by atoms with Crippen LogP contribution >= 0.6 is 0 Å². The molecule has 0 atom stereocenters. The van der Waals surface area contributed by atoms with Gasteiger partial charge in [0.25, 0.3) is 11.6 Å². The minimum atomic E-state index is -0.492. The van der Waals surface area contributed by atoms with E-state index in [9.17, 15) is 14.9 Å². The molecule has 1 aromatic carbocycles. The molecule has 0 radical (unpaired) electrons. The van der Waals surface area contributed by atoms with Gasteiger partial charge in [-0.2, -0.15) is 5.10 Å². The molecule has 0 aliphatic heterocycles. The molecule has 1 amide bonds. The average Bonchev–Trinajstić information content (AvgIpc) is 3.31. The molecule has 8 heteroatoms. The normalized spacial score (nSPS) is 13.6. The van der Waals surface area contributed by atoms with Gasteiger partial charge in [0, 0.05) is 29.3 Å². The summed E-state index contributed by atoms with van der Waals surface area (Å²) in [5.74, 6) is 1.11. The summed E-state index contributed by atoms with van der Waals surface area (Å²) in [7, 11) is 0. The Morgan fingerprint density at radius 1 is 1.43 bits per heavy atom. The van der Waals surface area contributed by atoms with Gasteiger partial charge in [-0.05, 0) is 31.9 Å². The van der Waals surface area contributed by atoms with E-state index in [-0.39, 0.29) is 18.2 Å². The summed E-state index contributed by atoms with van der Waals surface area (Å²) in [5, 5.41) is 20.3. The number of hydrogen-bond donors (Lipinski definition) is 2.